The average molecular weight is 303 g/mol. The van der Waals surface area contributed by atoms with E-state index >= 15 is 0 Å². The number of halogens is 1. The van der Waals surface area contributed by atoms with Gasteiger partial charge in [-0.2, -0.15) is 0 Å². The Bertz CT molecular complexity index is 599. The molecule has 0 radical (unpaired) electrons. The molecule has 0 fully saturated rings. The van der Waals surface area contributed by atoms with Crippen molar-refractivity contribution in [2.45, 2.75) is 19.3 Å². The summed E-state index contributed by atoms with van der Waals surface area (Å²) in [6.07, 6.45) is 0.699. The molecule has 2 N–H and O–H groups in total. The minimum Gasteiger partial charge on any atom is -0.496 e. The van der Waals surface area contributed by atoms with Gasteiger partial charge in [-0.05, 0) is 50.2 Å². The van der Waals surface area contributed by atoms with E-state index in [-0.39, 0.29) is 11.7 Å². The molecule has 2 rings (SSSR count). The Kier molecular flexibility index (Phi) is 5.78. The summed E-state index contributed by atoms with van der Waals surface area (Å²) in [5.74, 6) is 1.20. The van der Waals surface area contributed by atoms with Crippen molar-refractivity contribution in [3.05, 3.63) is 59.4 Å². The Labute approximate surface area is 130 Å². The molecular weight excluding hydrogens is 281 g/mol. The van der Waals surface area contributed by atoms with Crippen molar-refractivity contribution in [2.24, 2.45) is 5.73 Å². The summed E-state index contributed by atoms with van der Waals surface area (Å²) < 4.78 is 24.5. The van der Waals surface area contributed by atoms with E-state index in [1.807, 2.05) is 31.2 Å². The Morgan fingerprint density at radius 1 is 1.14 bits per heavy atom. The highest BCUT2D eigenvalue weighted by Gasteiger charge is 2.16. The van der Waals surface area contributed by atoms with Gasteiger partial charge >= 0.3 is 0 Å². The lowest BCUT2D eigenvalue weighted by atomic mass is 9.95. The third-order valence-electron chi connectivity index (χ3n) is 3.67. The van der Waals surface area contributed by atoms with E-state index in [0.717, 1.165) is 11.3 Å². The number of aryl methyl sites for hydroxylation is 1. The second-order valence-corrected chi connectivity index (χ2v) is 5.27. The molecule has 0 amide bonds. The fourth-order valence-electron chi connectivity index (χ4n) is 2.38. The molecular formula is C18H22FNO2. The molecule has 22 heavy (non-hydrogen) atoms. The van der Waals surface area contributed by atoms with Crippen LogP contribution < -0.4 is 15.2 Å². The van der Waals surface area contributed by atoms with E-state index in [0.29, 0.717) is 25.3 Å². The van der Waals surface area contributed by atoms with Gasteiger partial charge in [-0.1, -0.05) is 17.7 Å². The van der Waals surface area contributed by atoms with Gasteiger partial charge in [0.25, 0.3) is 0 Å². The highest BCUT2D eigenvalue weighted by Crippen LogP contribution is 2.29. The zero-order valence-corrected chi connectivity index (χ0v) is 13.0. The van der Waals surface area contributed by atoms with Crippen LogP contribution in [0.3, 0.4) is 0 Å². The summed E-state index contributed by atoms with van der Waals surface area (Å²) in [6, 6.07) is 12.4. The second kappa shape index (κ2) is 7.80. The lowest BCUT2D eigenvalue weighted by molar-refractivity contribution is 0.296. The molecule has 0 saturated heterocycles. The molecule has 1 unspecified atom stereocenters. The first kappa shape index (κ1) is 16.3. The fraction of sp³-hybridized carbons (Fsp3) is 0.333. The van der Waals surface area contributed by atoms with E-state index in [4.69, 9.17) is 15.2 Å². The van der Waals surface area contributed by atoms with Gasteiger partial charge in [-0.25, -0.2) is 4.39 Å². The summed E-state index contributed by atoms with van der Waals surface area (Å²) >= 11 is 0. The smallest absolute Gasteiger partial charge is 0.123 e. The van der Waals surface area contributed by atoms with Crippen molar-refractivity contribution >= 4 is 0 Å². The summed E-state index contributed by atoms with van der Waals surface area (Å²) in [6.45, 7) is 2.96. The fourth-order valence-corrected chi connectivity index (χ4v) is 2.38. The van der Waals surface area contributed by atoms with Gasteiger partial charge in [0.1, 0.15) is 17.3 Å². The Balaban J connectivity index is 2.00. The molecule has 0 aliphatic carbocycles. The first-order valence-corrected chi connectivity index (χ1v) is 7.37. The first-order valence-electron chi connectivity index (χ1n) is 7.37. The second-order valence-electron chi connectivity index (χ2n) is 5.27. The standard InChI is InChI=1S/C18H22FNO2/c1-13-3-6-16(7-4-13)22-10-9-14(12-20)17-11-15(19)5-8-18(17)21-2/h3-8,11,14H,9-10,12,20H2,1-2H3. The lowest BCUT2D eigenvalue weighted by Crippen LogP contribution is -2.16. The maximum atomic E-state index is 13.5. The van der Waals surface area contributed by atoms with Gasteiger partial charge in [-0.15, -0.1) is 0 Å². The van der Waals surface area contributed by atoms with E-state index in [1.54, 1.807) is 13.2 Å². The van der Waals surface area contributed by atoms with Crippen molar-refractivity contribution in [3.63, 3.8) is 0 Å². The number of rotatable bonds is 7. The van der Waals surface area contributed by atoms with Gasteiger partial charge in [0.15, 0.2) is 0 Å². The molecule has 2 aromatic rings. The van der Waals surface area contributed by atoms with Crippen molar-refractivity contribution in [1.29, 1.82) is 0 Å². The van der Waals surface area contributed by atoms with Crippen LogP contribution in [0.2, 0.25) is 0 Å². The molecule has 0 saturated carbocycles. The Morgan fingerprint density at radius 2 is 1.86 bits per heavy atom. The molecule has 0 aliphatic rings. The summed E-state index contributed by atoms with van der Waals surface area (Å²) in [4.78, 5) is 0. The van der Waals surface area contributed by atoms with Gasteiger partial charge in [0.2, 0.25) is 0 Å². The number of hydrogen-bond donors (Lipinski definition) is 1. The third-order valence-corrected chi connectivity index (χ3v) is 3.67. The molecule has 4 heteroatoms. The maximum absolute atomic E-state index is 13.5. The zero-order chi connectivity index (χ0) is 15.9. The molecule has 0 aliphatic heterocycles. The van der Waals surface area contributed by atoms with Crippen molar-refractivity contribution in [3.8, 4) is 11.5 Å². The molecule has 0 heterocycles. The Hall–Kier alpha value is -2.07. The van der Waals surface area contributed by atoms with Crippen LogP contribution in [0.15, 0.2) is 42.5 Å². The largest absolute Gasteiger partial charge is 0.496 e. The quantitative estimate of drug-likeness (QED) is 0.849. The average Bonchev–Trinajstić information content (AvgIpc) is 2.53. The molecule has 2 aromatic carbocycles. The van der Waals surface area contributed by atoms with Crippen molar-refractivity contribution < 1.29 is 13.9 Å². The molecule has 0 spiro atoms. The minimum atomic E-state index is -0.284. The van der Waals surface area contributed by atoms with Crippen LogP contribution in [0, 0.1) is 12.7 Å². The highest BCUT2D eigenvalue weighted by molar-refractivity contribution is 5.37. The number of methoxy groups -OCH3 is 1. The van der Waals surface area contributed by atoms with Gasteiger partial charge in [0, 0.05) is 11.5 Å². The number of ether oxygens (including phenoxy) is 2. The van der Waals surface area contributed by atoms with Gasteiger partial charge in [0.05, 0.1) is 13.7 Å². The number of hydrogen-bond acceptors (Lipinski definition) is 3. The predicted octanol–water partition coefficient (Wildman–Crippen LogP) is 3.65. The van der Waals surface area contributed by atoms with Gasteiger partial charge < -0.3 is 15.2 Å². The van der Waals surface area contributed by atoms with Crippen molar-refractivity contribution in [2.75, 3.05) is 20.3 Å². The number of benzene rings is 2. The van der Waals surface area contributed by atoms with Crippen LogP contribution in [0.5, 0.6) is 11.5 Å². The molecule has 3 nitrogen and oxygen atoms in total. The third kappa shape index (κ3) is 4.21. The van der Waals surface area contributed by atoms with Gasteiger partial charge in [-0.3, -0.25) is 0 Å². The van der Waals surface area contributed by atoms with Crippen molar-refractivity contribution in [1.82, 2.24) is 0 Å². The maximum Gasteiger partial charge on any atom is 0.123 e. The van der Waals surface area contributed by atoms with E-state index in [9.17, 15) is 4.39 Å². The van der Waals surface area contributed by atoms with Crippen LogP contribution in [-0.2, 0) is 0 Å². The van der Waals surface area contributed by atoms with Crippen LogP contribution in [0.25, 0.3) is 0 Å². The van der Waals surface area contributed by atoms with E-state index in [2.05, 4.69) is 0 Å². The molecule has 118 valence electrons. The molecule has 0 bridgehead atoms. The Morgan fingerprint density at radius 3 is 2.50 bits per heavy atom. The summed E-state index contributed by atoms with van der Waals surface area (Å²) in [7, 11) is 1.58. The minimum absolute atomic E-state index is 0.00361. The topological polar surface area (TPSA) is 44.5 Å². The first-order chi connectivity index (χ1) is 10.6. The van der Waals surface area contributed by atoms with Crippen LogP contribution in [0.4, 0.5) is 4.39 Å². The summed E-state index contributed by atoms with van der Waals surface area (Å²) in [5.41, 5.74) is 7.82. The highest BCUT2D eigenvalue weighted by atomic mass is 19.1. The molecule has 0 aromatic heterocycles. The summed E-state index contributed by atoms with van der Waals surface area (Å²) in [5, 5.41) is 0. The number of nitrogens with two attached hydrogens (primary N) is 1. The lowest BCUT2D eigenvalue weighted by Gasteiger charge is -2.18. The normalized spacial score (nSPS) is 12.0. The van der Waals surface area contributed by atoms with Crippen LogP contribution in [0.1, 0.15) is 23.5 Å². The van der Waals surface area contributed by atoms with Crippen LogP contribution >= 0.6 is 0 Å². The van der Waals surface area contributed by atoms with Crippen LogP contribution in [-0.4, -0.2) is 20.3 Å². The monoisotopic (exact) mass is 303 g/mol. The SMILES string of the molecule is COc1ccc(F)cc1C(CN)CCOc1ccc(C)cc1. The predicted molar refractivity (Wildman–Crippen MR) is 86.0 cm³/mol. The zero-order valence-electron chi connectivity index (χ0n) is 13.0. The van der Waals surface area contributed by atoms with E-state index < -0.39 is 0 Å². The van der Waals surface area contributed by atoms with E-state index in [1.165, 1.54) is 17.7 Å². The molecule has 1 atom stereocenters.